The Bertz CT molecular complexity index is 203. The molecule has 0 radical (unpaired) electrons. The molecule has 0 aliphatic rings. The summed E-state index contributed by atoms with van der Waals surface area (Å²) in [4.78, 5) is 11.5. The average molecular weight is 260 g/mol. The monoisotopic (exact) mass is 260 g/mol. The standard InChI is InChI=1S/C12H28N4O2/c13-6-2-1-5-11(15)12(17)18-10-4-9-16-8-3-7-14/h11,16H,1-10,13-15H2/t11-/m0/s1. The van der Waals surface area contributed by atoms with E-state index < -0.39 is 6.04 Å². The van der Waals surface area contributed by atoms with Gasteiger partial charge in [-0.2, -0.15) is 0 Å². The van der Waals surface area contributed by atoms with Crippen molar-refractivity contribution in [3.8, 4) is 0 Å². The highest BCUT2D eigenvalue weighted by Gasteiger charge is 2.13. The fraction of sp³-hybridized carbons (Fsp3) is 0.917. The zero-order valence-electron chi connectivity index (χ0n) is 11.2. The quantitative estimate of drug-likeness (QED) is 0.273. The number of carbonyl (C=O) groups excluding carboxylic acids is 1. The van der Waals surface area contributed by atoms with Gasteiger partial charge < -0.3 is 27.3 Å². The van der Waals surface area contributed by atoms with Crippen LogP contribution in [0, 0.1) is 0 Å². The van der Waals surface area contributed by atoms with Gasteiger partial charge in [-0.15, -0.1) is 0 Å². The number of esters is 1. The maximum absolute atomic E-state index is 11.5. The summed E-state index contributed by atoms with van der Waals surface area (Å²) in [5.41, 5.74) is 16.4. The highest BCUT2D eigenvalue weighted by Crippen LogP contribution is 2.00. The van der Waals surface area contributed by atoms with Crippen LogP contribution in [0.3, 0.4) is 0 Å². The number of carbonyl (C=O) groups is 1. The first kappa shape index (κ1) is 17.3. The van der Waals surface area contributed by atoms with Crippen LogP contribution in [-0.2, 0) is 9.53 Å². The molecule has 108 valence electrons. The zero-order valence-corrected chi connectivity index (χ0v) is 11.2. The van der Waals surface area contributed by atoms with Crippen molar-refractivity contribution in [2.24, 2.45) is 17.2 Å². The second kappa shape index (κ2) is 12.8. The van der Waals surface area contributed by atoms with Gasteiger partial charge in [-0.1, -0.05) is 6.42 Å². The van der Waals surface area contributed by atoms with Crippen molar-refractivity contribution in [1.82, 2.24) is 5.32 Å². The van der Waals surface area contributed by atoms with Gasteiger partial charge in [0.15, 0.2) is 0 Å². The maximum atomic E-state index is 11.5. The van der Waals surface area contributed by atoms with Gasteiger partial charge in [0.2, 0.25) is 0 Å². The Morgan fingerprint density at radius 1 is 1.06 bits per heavy atom. The van der Waals surface area contributed by atoms with E-state index in [9.17, 15) is 4.79 Å². The first-order chi connectivity index (χ1) is 8.72. The molecule has 0 fully saturated rings. The molecule has 0 aromatic heterocycles. The number of nitrogens with one attached hydrogen (secondary N) is 1. The Balaban J connectivity index is 3.35. The van der Waals surface area contributed by atoms with E-state index >= 15 is 0 Å². The summed E-state index contributed by atoms with van der Waals surface area (Å²) in [7, 11) is 0. The molecule has 0 bridgehead atoms. The molecule has 0 saturated heterocycles. The van der Waals surface area contributed by atoms with Gasteiger partial charge in [0.25, 0.3) is 0 Å². The fourth-order valence-corrected chi connectivity index (χ4v) is 1.46. The van der Waals surface area contributed by atoms with Crippen molar-refractivity contribution in [2.45, 2.75) is 38.1 Å². The van der Waals surface area contributed by atoms with Crippen LogP contribution in [0.5, 0.6) is 0 Å². The molecule has 18 heavy (non-hydrogen) atoms. The molecule has 7 N–H and O–H groups in total. The Morgan fingerprint density at radius 2 is 1.72 bits per heavy atom. The molecule has 0 spiro atoms. The van der Waals surface area contributed by atoms with E-state index in [4.69, 9.17) is 21.9 Å². The van der Waals surface area contributed by atoms with Gasteiger partial charge in [0.05, 0.1) is 6.61 Å². The highest BCUT2D eigenvalue weighted by molar-refractivity contribution is 5.75. The molecule has 0 amide bonds. The first-order valence-electron chi connectivity index (χ1n) is 6.75. The molecule has 1 atom stereocenters. The Hall–Kier alpha value is -0.690. The van der Waals surface area contributed by atoms with Gasteiger partial charge >= 0.3 is 5.97 Å². The van der Waals surface area contributed by atoms with Crippen LogP contribution >= 0.6 is 0 Å². The molecule has 0 rings (SSSR count). The van der Waals surface area contributed by atoms with E-state index in [0.29, 0.717) is 26.1 Å². The third kappa shape index (κ3) is 10.5. The molecule has 0 saturated carbocycles. The number of rotatable bonds is 12. The second-order valence-electron chi connectivity index (χ2n) is 4.30. The topological polar surface area (TPSA) is 116 Å². The van der Waals surface area contributed by atoms with Crippen LogP contribution in [0.2, 0.25) is 0 Å². The van der Waals surface area contributed by atoms with Gasteiger partial charge in [-0.3, -0.25) is 4.79 Å². The first-order valence-corrected chi connectivity index (χ1v) is 6.75. The predicted octanol–water partition coefficient (Wildman–Crippen LogP) is -0.686. The Morgan fingerprint density at radius 3 is 2.39 bits per heavy atom. The minimum Gasteiger partial charge on any atom is -0.464 e. The van der Waals surface area contributed by atoms with E-state index in [1.807, 2.05) is 0 Å². The van der Waals surface area contributed by atoms with Gasteiger partial charge in [0.1, 0.15) is 6.04 Å². The lowest BCUT2D eigenvalue weighted by Crippen LogP contribution is -2.33. The summed E-state index contributed by atoms with van der Waals surface area (Å²) in [5, 5.41) is 3.21. The molecule has 0 aromatic carbocycles. The lowest BCUT2D eigenvalue weighted by molar-refractivity contribution is -0.145. The summed E-state index contributed by atoms with van der Waals surface area (Å²) in [6.07, 6.45) is 4.17. The van der Waals surface area contributed by atoms with Gasteiger partial charge in [0, 0.05) is 0 Å². The van der Waals surface area contributed by atoms with Gasteiger partial charge in [-0.25, -0.2) is 0 Å². The summed E-state index contributed by atoms with van der Waals surface area (Å²) >= 11 is 0. The summed E-state index contributed by atoms with van der Waals surface area (Å²) in [6.45, 7) is 3.48. The minimum atomic E-state index is -0.512. The molecule has 0 aromatic rings. The molecular weight excluding hydrogens is 232 g/mol. The number of ether oxygens (including phenoxy) is 1. The second-order valence-corrected chi connectivity index (χ2v) is 4.30. The normalized spacial score (nSPS) is 12.4. The van der Waals surface area contributed by atoms with Gasteiger partial charge in [-0.05, 0) is 51.9 Å². The van der Waals surface area contributed by atoms with Crippen molar-refractivity contribution in [3.05, 3.63) is 0 Å². The molecule has 6 heteroatoms. The largest absolute Gasteiger partial charge is 0.464 e. The van der Waals surface area contributed by atoms with Crippen molar-refractivity contribution in [2.75, 3.05) is 32.8 Å². The summed E-state index contributed by atoms with van der Waals surface area (Å²) in [5.74, 6) is -0.311. The molecule has 6 nitrogen and oxygen atoms in total. The Labute approximate surface area is 110 Å². The van der Waals surface area contributed by atoms with Crippen molar-refractivity contribution >= 4 is 5.97 Å². The van der Waals surface area contributed by atoms with Crippen molar-refractivity contribution in [1.29, 1.82) is 0 Å². The van der Waals surface area contributed by atoms with Crippen LogP contribution in [-0.4, -0.2) is 44.8 Å². The molecule has 0 aliphatic carbocycles. The van der Waals surface area contributed by atoms with Crippen LogP contribution in [0.4, 0.5) is 0 Å². The molecule has 0 unspecified atom stereocenters. The third-order valence-corrected chi connectivity index (χ3v) is 2.57. The van der Waals surface area contributed by atoms with Crippen molar-refractivity contribution < 1.29 is 9.53 Å². The van der Waals surface area contributed by atoms with Crippen molar-refractivity contribution in [3.63, 3.8) is 0 Å². The predicted molar refractivity (Wildman–Crippen MR) is 73.0 cm³/mol. The fourth-order valence-electron chi connectivity index (χ4n) is 1.46. The van der Waals surface area contributed by atoms with E-state index in [1.54, 1.807) is 0 Å². The smallest absolute Gasteiger partial charge is 0.322 e. The number of hydrogen-bond acceptors (Lipinski definition) is 6. The third-order valence-electron chi connectivity index (χ3n) is 2.57. The van der Waals surface area contributed by atoms with E-state index in [-0.39, 0.29) is 5.97 Å². The van der Waals surface area contributed by atoms with E-state index in [1.165, 1.54) is 0 Å². The lowest BCUT2D eigenvalue weighted by atomic mass is 10.1. The van der Waals surface area contributed by atoms with E-state index in [0.717, 1.165) is 38.8 Å². The maximum Gasteiger partial charge on any atom is 0.322 e. The minimum absolute atomic E-state index is 0.311. The number of hydrogen-bond donors (Lipinski definition) is 4. The molecular formula is C12H28N4O2. The van der Waals surface area contributed by atoms with E-state index in [2.05, 4.69) is 5.32 Å². The SMILES string of the molecule is NCCCC[C@H](N)C(=O)OCCCNCCCN. The van der Waals surface area contributed by atoms with Crippen LogP contribution < -0.4 is 22.5 Å². The van der Waals surface area contributed by atoms with Crippen LogP contribution in [0.25, 0.3) is 0 Å². The lowest BCUT2D eigenvalue weighted by Gasteiger charge is -2.11. The highest BCUT2D eigenvalue weighted by atomic mass is 16.5. The molecule has 0 aliphatic heterocycles. The summed E-state index contributed by atoms with van der Waals surface area (Å²) < 4.78 is 5.08. The zero-order chi connectivity index (χ0) is 13.6. The Kier molecular flexibility index (Phi) is 12.3. The van der Waals surface area contributed by atoms with Crippen LogP contribution in [0.1, 0.15) is 32.1 Å². The summed E-state index contributed by atoms with van der Waals surface area (Å²) in [6, 6.07) is -0.512. The number of unbranched alkanes of at least 4 members (excludes halogenated alkanes) is 1. The number of nitrogens with two attached hydrogens (primary N) is 3. The molecule has 0 heterocycles. The van der Waals surface area contributed by atoms with Crippen LogP contribution in [0.15, 0.2) is 0 Å². The average Bonchev–Trinajstić information content (AvgIpc) is 2.37.